The van der Waals surface area contributed by atoms with Crippen molar-refractivity contribution < 1.29 is 4.74 Å². The standard InChI is InChI=1S/C15H25NO/c1-5-15(6-2,11-16)13-8-9-14(17-7-3)12(4)10-13/h8-10H,5-7,11,16H2,1-4H3. The summed E-state index contributed by atoms with van der Waals surface area (Å²) in [5, 5.41) is 0. The van der Waals surface area contributed by atoms with Gasteiger partial charge in [0.05, 0.1) is 6.61 Å². The van der Waals surface area contributed by atoms with Gasteiger partial charge in [-0.2, -0.15) is 0 Å². The molecule has 0 radical (unpaired) electrons. The third-order valence-corrected chi connectivity index (χ3v) is 3.83. The van der Waals surface area contributed by atoms with Crippen LogP contribution in [0.2, 0.25) is 0 Å². The Bertz CT molecular complexity index is 348. The first kappa shape index (κ1) is 14.0. The van der Waals surface area contributed by atoms with Gasteiger partial charge in [-0.1, -0.05) is 26.0 Å². The van der Waals surface area contributed by atoms with Gasteiger partial charge in [0.1, 0.15) is 5.75 Å². The normalized spacial score (nSPS) is 11.6. The SMILES string of the molecule is CCOc1ccc(C(CC)(CC)CN)cc1C. The number of benzene rings is 1. The molecule has 17 heavy (non-hydrogen) atoms. The molecule has 2 N–H and O–H groups in total. The molecule has 96 valence electrons. The van der Waals surface area contributed by atoms with Crippen molar-refractivity contribution in [2.45, 2.75) is 46.0 Å². The van der Waals surface area contributed by atoms with Crippen LogP contribution in [-0.2, 0) is 5.41 Å². The fourth-order valence-corrected chi connectivity index (χ4v) is 2.36. The molecular formula is C15H25NO. The molecule has 0 amide bonds. The molecule has 1 rings (SSSR count). The van der Waals surface area contributed by atoms with E-state index in [-0.39, 0.29) is 5.41 Å². The summed E-state index contributed by atoms with van der Waals surface area (Å²) in [5.41, 5.74) is 8.63. The number of ether oxygens (including phenoxy) is 1. The fourth-order valence-electron chi connectivity index (χ4n) is 2.36. The van der Waals surface area contributed by atoms with Gasteiger partial charge in [-0.05, 0) is 43.9 Å². The van der Waals surface area contributed by atoms with Gasteiger partial charge in [0, 0.05) is 12.0 Å². The molecule has 0 saturated carbocycles. The molecular weight excluding hydrogens is 210 g/mol. The van der Waals surface area contributed by atoms with Crippen LogP contribution in [0.3, 0.4) is 0 Å². The van der Waals surface area contributed by atoms with Crippen LogP contribution in [0.15, 0.2) is 18.2 Å². The molecule has 0 aliphatic rings. The zero-order chi connectivity index (χ0) is 12.9. The maximum atomic E-state index is 5.98. The van der Waals surface area contributed by atoms with E-state index in [0.29, 0.717) is 13.2 Å². The summed E-state index contributed by atoms with van der Waals surface area (Å²) in [6.45, 7) is 9.94. The van der Waals surface area contributed by atoms with Crippen LogP contribution in [0.1, 0.15) is 44.7 Å². The van der Waals surface area contributed by atoms with Crippen molar-refractivity contribution in [3.05, 3.63) is 29.3 Å². The highest BCUT2D eigenvalue weighted by Gasteiger charge is 2.27. The van der Waals surface area contributed by atoms with Crippen molar-refractivity contribution >= 4 is 0 Å². The molecule has 1 aromatic carbocycles. The third-order valence-electron chi connectivity index (χ3n) is 3.83. The first-order chi connectivity index (χ1) is 8.13. The van der Waals surface area contributed by atoms with Gasteiger partial charge in [-0.25, -0.2) is 0 Å². The van der Waals surface area contributed by atoms with Crippen LogP contribution in [0.4, 0.5) is 0 Å². The van der Waals surface area contributed by atoms with E-state index in [1.54, 1.807) is 0 Å². The van der Waals surface area contributed by atoms with Gasteiger partial charge in [0.25, 0.3) is 0 Å². The second kappa shape index (κ2) is 6.06. The van der Waals surface area contributed by atoms with Crippen LogP contribution in [0.25, 0.3) is 0 Å². The van der Waals surface area contributed by atoms with Gasteiger partial charge >= 0.3 is 0 Å². The van der Waals surface area contributed by atoms with Crippen molar-refractivity contribution in [3.8, 4) is 5.75 Å². The topological polar surface area (TPSA) is 35.2 Å². The van der Waals surface area contributed by atoms with Gasteiger partial charge in [0.2, 0.25) is 0 Å². The summed E-state index contributed by atoms with van der Waals surface area (Å²) in [4.78, 5) is 0. The van der Waals surface area contributed by atoms with E-state index in [1.165, 1.54) is 11.1 Å². The lowest BCUT2D eigenvalue weighted by atomic mass is 9.75. The van der Waals surface area contributed by atoms with E-state index in [1.807, 2.05) is 6.92 Å². The predicted molar refractivity (Wildman–Crippen MR) is 73.7 cm³/mol. The number of hydrogen-bond acceptors (Lipinski definition) is 2. The van der Waals surface area contributed by atoms with Crippen LogP contribution >= 0.6 is 0 Å². The minimum atomic E-state index is 0.121. The van der Waals surface area contributed by atoms with Crippen LogP contribution in [0, 0.1) is 6.92 Å². The molecule has 0 aromatic heterocycles. The summed E-state index contributed by atoms with van der Waals surface area (Å²) in [6, 6.07) is 6.46. The molecule has 0 fully saturated rings. The Morgan fingerprint density at radius 1 is 1.18 bits per heavy atom. The molecule has 1 aromatic rings. The minimum Gasteiger partial charge on any atom is -0.494 e. The van der Waals surface area contributed by atoms with Crippen molar-refractivity contribution in [1.82, 2.24) is 0 Å². The Morgan fingerprint density at radius 2 is 1.82 bits per heavy atom. The number of rotatable bonds is 6. The zero-order valence-electron chi connectivity index (χ0n) is 11.5. The number of hydrogen-bond donors (Lipinski definition) is 1. The van der Waals surface area contributed by atoms with E-state index in [9.17, 15) is 0 Å². The molecule has 0 bridgehead atoms. The lowest BCUT2D eigenvalue weighted by Gasteiger charge is -2.31. The van der Waals surface area contributed by atoms with Gasteiger partial charge < -0.3 is 10.5 Å². The Morgan fingerprint density at radius 3 is 2.24 bits per heavy atom. The third kappa shape index (κ3) is 2.81. The second-order valence-electron chi connectivity index (χ2n) is 4.60. The molecule has 0 saturated heterocycles. The Labute approximate surface area is 105 Å². The first-order valence-corrected chi connectivity index (χ1v) is 6.57. The highest BCUT2D eigenvalue weighted by molar-refractivity contribution is 5.39. The summed E-state index contributed by atoms with van der Waals surface area (Å²) in [7, 11) is 0. The minimum absolute atomic E-state index is 0.121. The maximum absolute atomic E-state index is 5.98. The Hall–Kier alpha value is -1.02. The molecule has 0 spiro atoms. The molecule has 0 unspecified atom stereocenters. The second-order valence-corrected chi connectivity index (χ2v) is 4.60. The van der Waals surface area contributed by atoms with Gasteiger partial charge in [-0.15, -0.1) is 0 Å². The average Bonchev–Trinajstić information content (AvgIpc) is 2.35. The molecule has 2 heteroatoms. The van der Waals surface area contributed by atoms with E-state index < -0.39 is 0 Å². The van der Waals surface area contributed by atoms with E-state index in [0.717, 1.165) is 18.6 Å². The molecule has 0 aliphatic carbocycles. The largest absolute Gasteiger partial charge is 0.494 e. The van der Waals surface area contributed by atoms with Gasteiger partial charge in [-0.3, -0.25) is 0 Å². The molecule has 0 aliphatic heterocycles. The van der Waals surface area contributed by atoms with Crippen molar-refractivity contribution in [2.75, 3.05) is 13.2 Å². The molecule has 0 heterocycles. The predicted octanol–water partition coefficient (Wildman–Crippen LogP) is 3.41. The quantitative estimate of drug-likeness (QED) is 0.820. The highest BCUT2D eigenvalue weighted by atomic mass is 16.5. The van der Waals surface area contributed by atoms with Crippen LogP contribution < -0.4 is 10.5 Å². The number of nitrogens with two attached hydrogens (primary N) is 1. The lowest BCUT2D eigenvalue weighted by molar-refractivity contribution is 0.337. The summed E-state index contributed by atoms with van der Waals surface area (Å²) < 4.78 is 5.57. The highest BCUT2D eigenvalue weighted by Crippen LogP contribution is 2.33. The average molecular weight is 235 g/mol. The van der Waals surface area contributed by atoms with Crippen LogP contribution in [-0.4, -0.2) is 13.2 Å². The van der Waals surface area contributed by atoms with E-state index in [2.05, 4.69) is 39.0 Å². The maximum Gasteiger partial charge on any atom is 0.122 e. The fraction of sp³-hybridized carbons (Fsp3) is 0.600. The Balaban J connectivity index is 3.10. The summed E-state index contributed by atoms with van der Waals surface area (Å²) in [6.07, 6.45) is 2.15. The van der Waals surface area contributed by atoms with Crippen molar-refractivity contribution in [3.63, 3.8) is 0 Å². The van der Waals surface area contributed by atoms with Crippen LogP contribution in [0.5, 0.6) is 5.75 Å². The monoisotopic (exact) mass is 235 g/mol. The summed E-state index contributed by atoms with van der Waals surface area (Å²) in [5.74, 6) is 0.981. The number of aryl methyl sites for hydroxylation is 1. The first-order valence-electron chi connectivity index (χ1n) is 6.57. The lowest BCUT2D eigenvalue weighted by Crippen LogP contribution is -2.33. The zero-order valence-corrected chi connectivity index (χ0v) is 11.5. The molecule has 0 atom stereocenters. The Kier molecular flexibility index (Phi) is 5.01. The van der Waals surface area contributed by atoms with Gasteiger partial charge in [0.15, 0.2) is 0 Å². The van der Waals surface area contributed by atoms with Crippen molar-refractivity contribution in [2.24, 2.45) is 5.73 Å². The van der Waals surface area contributed by atoms with E-state index >= 15 is 0 Å². The van der Waals surface area contributed by atoms with Crippen molar-refractivity contribution in [1.29, 1.82) is 0 Å². The smallest absolute Gasteiger partial charge is 0.122 e. The summed E-state index contributed by atoms with van der Waals surface area (Å²) >= 11 is 0. The molecule has 2 nitrogen and oxygen atoms in total. The van der Waals surface area contributed by atoms with E-state index in [4.69, 9.17) is 10.5 Å².